The highest BCUT2D eigenvalue weighted by Gasteiger charge is 2.35. The summed E-state index contributed by atoms with van der Waals surface area (Å²) in [6.07, 6.45) is 4.48. The van der Waals surface area contributed by atoms with Crippen molar-refractivity contribution in [1.29, 1.82) is 0 Å². The maximum atomic E-state index is 12.2. The molecule has 0 saturated carbocycles. The first-order chi connectivity index (χ1) is 8.53. The van der Waals surface area contributed by atoms with Crippen molar-refractivity contribution in [3.63, 3.8) is 0 Å². The van der Waals surface area contributed by atoms with Gasteiger partial charge in [-0.15, -0.1) is 11.6 Å². The van der Waals surface area contributed by atoms with Crippen molar-refractivity contribution >= 4 is 23.4 Å². The van der Waals surface area contributed by atoms with Crippen LogP contribution in [0.1, 0.15) is 16.8 Å². The molecule has 1 aliphatic carbocycles. The van der Waals surface area contributed by atoms with E-state index in [1.165, 1.54) is 18.2 Å². The molecule has 3 nitrogen and oxygen atoms in total. The lowest BCUT2D eigenvalue weighted by molar-refractivity contribution is -0.132. The number of Topliss-reactive ketones (excluding diaryl/α,β-unsaturated/α-hetero) is 1. The summed E-state index contributed by atoms with van der Waals surface area (Å²) in [5, 5.41) is 8.82. The van der Waals surface area contributed by atoms with Gasteiger partial charge in [-0.1, -0.05) is 42.5 Å². The van der Waals surface area contributed by atoms with E-state index in [0.717, 1.165) is 0 Å². The molecule has 4 heteroatoms. The first-order valence-corrected chi connectivity index (χ1v) is 5.82. The molecule has 0 radical (unpaired) electrons. The van der Waals surface area contributed by atoms with Crippen molar-refractivity contribution in [1.82, 2.24) is 0 Å². The van der Waals surface area contributed by atoms with Crippen LogP contribution in [0.15, 0.2) is 54.1 Å². The van der Waals surface area contributed by atoms with Crippen LogP contribution in [0.2, 0.25) is 0 Å². The summed E-state index contributed by atoms with van der Waals surface area (Å²) in [5.41, 5.74) is 0.677. The molecular weight excluding hydrogens is 252 g/mol. The molecule has 1 aliphatic rings. The van der Waals surface area contributed by atoms with Crippen molar-refractivity contribution < 1.29 is 14.7 Å². The molecule has 0 spiro atoms. The fourth-order valence-electron chi connectivity index (χ4n) is 1.77. The summed E-state index contributed by atoms with van der Waals surface area (Å²) in [6.45, 7) is 0. The molecule has 0 bridgehead atoms. The molecule has 0 aromatic heterocycles. The third-order valence-corrected chi connectivity index (χ3v) is 3.26. The first-order valence-electron chi connectivity index (χ1n) is 5.44. The molecule has 0 aliphatic heterocycles. The molecule has 2 rings (SSSR count). The fourth-order valence-corrected chi connectivity index (χ4v) is 2.02. The predicted molar refractivity (Wildman–Crippen MR) is 68.8 cm³/mol. The average molecular weight is 263 g/mol. The van der Waals surface area contributed by atoms with E-state index in [2.05, 4.69) is 0 Å². The van der Waals surface area contributed by atoms with Crippen LogP contribution in [-0.4, -0.2) is 21.7 Å². The predicted octanol–water partition coefficient (Wildman–Crippen LogP) is 2.82. The van der Waals surface area contributed by atoms with Crippen LogP contribution >= 0.6 is 11.6 Å². The van der Waals surface area contributed by atoms with E-state index in [1.54, 1.807) is 24.3 Å². The van der Waals surface area contributed by atoms with Gasteiger partial charge in [-0.2, -0.15) is 0 Å². The van der Waals surface area contributed by atoms with Crippen molar-refractivity contribution in [3.05, 3.63) is 59.7 Å². The number of ketones is 1. The maximum Gasteiger partial charge on any atom is 0.335 e. The summed E-state index contributed by atoms with van der Waals surface area (Å²) in [7, 11) is 0. The number of carboxylic acid groups (broad SMARTS) is 1. The van der Waals surface area contributed by atoms with Crippen LogP contribution < -0.4 is 0 Å². The lowest BCUT2D eigenvalue weighted by atomic mass is 9.89. The van der Waals surface area contributed by atoms with Gasteiger partial charge in [-0.05, 0) is 12.5 Å². The SMILES string of the molecule is O=C(O)C1=CCC(Cl)(C(=O)c2ccccc2)C=C1. The summed E-state index contributed by atoms with van der Waals surface area (Å²) in [4.78, 5) is 21.8. The highest BCUT2D eigenvalue weighted by Crippen LogP contribution is 2.31. The van der Waals surface area contributed by atoms with E-state index < -0.39 is 10.8 Å². The van der Waals surface area contributed by atoms with Gasteiger partial charge in [0.1, 0.15) is 4.87 Å². The van der Waals surface area contributed by atoms with Crippen molar-refractivity contribution in [3.8, 4) is 0 Å². The molecule has 0 heterocycles. The molecule has 1 unspecified atom stereocenters. The fraction of sp³-hybridized carbons (Fsp3) is 0.143. The number of carbonyl (C=O) groups excluding carboxylic acids is 1. The van der Waals surface area contributed by atoms with E-state index in [1.807, 2.05) is 6.07 Å². The second-order valence-electron chi connectivity index (χ2n) is 4.06. The standard InChI is InChI=1S/C14H11ClO3/c15-14(8-6-11(7-9-14)13(17)18)12(16)10-4-2-1-3-5-10/h1-8H,9H2,(H,17,18). The van der Waals surface area contributed by atoms with Crippen LogP contribution in [0.3, 0.4) is 0 Å². The Morgan fingerprint density at radius 1 is 1.22 bits per heavy atom. The number of hydrogen-bond donors (Lipinski definition) is 1. The summed E-state index contributed by atoms with van der Waals surface area (Å²) < 4.78 is 0. The molecule has 0 amide bonds. The number of carboxylic acids is 1. The number of allylic oxidation sites excluding steroid dienone is 2. The Labute approximate surface area is 109 Å². The molecule has 0 saturated heterocycles. The second kappa shape index (κ2) is 4.78. The van der Waals surface area contributed by atoms with Crippen molar-refractivity contribution in [2.45, 2.75) is 11.3 Å². The molecule has 1 N–H and O–H groups in total. The molecular formula is C14H11ClO3. The van der Waals surface area contributed by atoms with Crippen LogP contribution in [0, 0.1) is 0 Å². The molecule has 1 atom stereocenters. The number of benzene rings is 1. The van der Waals surface area contributed by atoms with E-state index in [4.69, 9.17) is 16.7 Å². The highest BCUT2D eigenvalue weighted by molar-refractivity contribution is 6.39. The lowest BCUT2D eigenvalue weighted by Crippen LogP contribution is -2.31. The summed E-state index contributed by atoms with van der Waals surface area (Å²) >= 11 is 6.26. The van der Waals surface area contributed by atoms with Gasteiger partial charge in [0.2, 0.25) is 0 Å². The lowest BCUT2D eigenvalue weighted by Gasteiger charge is -2.23. The third-order valence-electron chi connectivity index (χ3n) is 2.81. The van der Waals surface area contributed by atoms with Gasteiger partial charge >= 0.3 is 5.97 Å². The molecule has 1 aromatic carbocycles. The smallest absolute Gasteiger partial charge is 0.335 e. The largest absolute Gasteiger partial charge is 0.478 e. The van der Waals surface area contributed by atoms with Crippen LogP contribution in [0.4, 0.5) is 0 Å². The zero-order valence-electron chi connectivity index (χ0n) is 9.47. The number of halogens is 1. The summed E-state index contributed by atoms with van der Waals surface area (Å²) in [6, 6.07) is 8.72. The van der Waals surface area contributed by atoms with Gasteiger partial charge in [0.05, 0.1) is 5.57 Å². The normalized spacial score (nSPS) is 22.4. The van der Waals surface area contributed by atoms with Gasteiger partial charge in [-0.3, -0.25) is 4.79 Å². The minimum Gasteiger partial charge on any atom is -0.478 e. The van der Waals surface area contributed by atoms with E-state index in [9.17, 15) is 9.59 Å². The van der Waals surface area contributed by atoms with Crippen molar-refractivity contribution in [2.75, 3.05) is 0 Å². The van der Waals surface area contributed by atoms with Crippen molar-refractivity contribution in [2.24, 2.45) is 0 Å². The zero-order chi connectivity index (χ0) is 13.2. The Bertz CT molecular complexity index is 545. The van der Waals surface area contributed by atoms with E-state index >= 15 is 0 Å². The Morgan fingerprint density at radius 2 is 1.89 bits per heavy atom. The quantitative estimate of drug-likeness (QED) is 0.673. The van der Waals surface area contributed by atoms with Crippen LogP contribution in [-0.2, 0) is 4.79 Å². The van der Waals surface area contributed by atoms with Crippen LogP contribution in [0.25, 0.3) is 0 Å². The van der Waals surface area contributed by atoms with Gasteiger partial charge in [0, 0.05) is 5.56 Å². The zero-order valence-corrected chi connectivity index (χ0v) is 10.2. The maximum absolute atomic E-state index is 12.2. The minimum atomic E-state index is -1.18. The molecule has 0 fully saturated rings. The Kier molecular flexibility index (Phi) is 3.34. The average Bonchev–Trinajstić information content (AvgIpc) is 2.39. The number of rotatable bonds is 3. The van der Waals surface area contributed by atoms with E-state index in [0.29, 0.717) is 5.56 Å². The van der Waals surface area contributed by atoms with E-state index in [-0.39, 0.29) is 17.8 Å². The number of carbonyl (C=O) groups is 2. The van der Waals surface area contributed by atoms with Gasteiger partial charge < -0.3 is 5.11 Å². The number of alkyl halides is 1. The number of hydrogen-bond acceptors (Lipinski definition) is 2. The third kappa shape index (κ3) is 2.36. The molecule has 18 heavy (non-hydrogen) atoms. The van der Waals surface area contributed by atoms with Crippen LogP contribution in [0.5, 0.6) is 0 Å². The topological polar surface area (TPSA) is 54.4 Å². The first kappa shape index (κ1) is 12.6. The van der Waals surface area contributed by atoms with Gasteiger partial charge in [-0.25, -0.2) is 4.79 Å². The Morgan fingerprint density at radius 3 is 2.39 bits per heavy atom. The number of aliphatic carboxylic acids is 1. The minimum absolute atomic E-state index is 0.159. The molecule has 92 valence electrons. The highest BCUT2D eigenvalue weighted by atomic mass is 35.5. The second-order valence-corrected chi connectivity index (χ2v) is 4.73. The molecule has 1 aromatic rings. The Hall–Kier alpha value is -1.87. The van der Waals surface area contributed by atoms with Gasteiger partial charge in [0.15, 0.2) is 5.78 Å². The monoisotopic (exact) mass is 262 g/mol. The summed E-state index contributed by atoms with van der Waals surface area (Å²) in [5.74, 6) is -1.24. The Balaban J connectivity index is 2.24. The van der Waals surface area contributed by atoms with Gasteiger partial charge in [0.25, 0.3) is 0 Å².